The summed E-state index contributed by atoms with van der Waals surface area (Å²) in [5, 5.41) is 9.25. The van der Waals surface area contributed by atoms with Crippen LogP contribution in [-0.2, 0) is 24.4 Å². The van der Waals surface area contributed by atoms with Crippen LogP contribution in [0.1, 0.15) is 49.6 Å². The van der Waals surface area contributed by atoms with Crippen molar-refractivity contribution in [2.75, 3.05) is 26.2 Å². The van der Waals surface area contributed by atoms with Crippen LogP contribution in [0.15, 0.2) is 46.3 Å². The number of carbonyl (C=O) groups excluding carboxylic acids is 1. The molecule has 2 saturated heterocycles. The molecule has 1 amide bonds. The monoisotopic (exact) mass is 493 g/mol. The summed E-state index contributed by atoms with van der Waals surface area (Å²) in [6, 6.07) is 12.7. The molecule has 4 heterocycles. The summed E-state index contributed by atoms with van der Waals surface area (Å²) < 4.78 is 5.43. The van der Waals surface area contributed by atoms with E-state index in [0.717, 1.165) is 48.8 Å². The Morgan fingerprint density at radius 2 is 1.69 bits per heavy atom. The van der Waals surface area contributed by atoms with E-state index >= 15 is 0 Å². The van der Waals surface area contributed by atoms with Crippen LogP contribution in [0.3, 0.4) is 0 Å². The molecule has 1 aromatic carbocycles. The number of piperidine rings is 2. The van der Waals surface area contributed by atoms with Crippen molar-refractivity contribution < 1.29 is 9.32 Å². The van der Waals surface area contributed by atoms with Crippen LogP contribution in [0.2, 0.25) is 0 Å². The molecule has 0 atom stereocenters. The average molecular weight is 494 g/mol. The second-order valence-corrected chi connectivity index (χ2v) is 11.0. The number of nitrogens with one attached hydrogen (secondary N) is 1. The Morgan fingerprint density at radius 3 is 2.40 bits per heavy atom. The molecular weight excluding hydrogens is 458 g/mol. The third-order valence-electron chi connectivity index (χ3n) is 7.30. The molecule has 5 rings (SSSR count). The Hall–Kier alpha value is -2.55. The van der Waals surface area contributed by atoms with Gasteiger partial charge in [0, 0.05) is 19.0 Å². The van der Waals surface area contributed by atoms with Crippen molar-refractivity contribution >= 4 is 17.2 Å². The van der Waals surface area contributed by atoms with E-state index in [1.807, 2.05) is 17.5 Å². The predicted molar refractivity (Wildman–Crippen MR) is 138 cm³/mol. The third-order valence-corrected chi connectivity index (χ3v) is 8.16. The molecule has 35 heavy (non-hydrogen) atoms. The minimum absolute atomic E-state index is 0.0661. The number of thiophene rings is 1. The highest BCUT2D eigenvalue weighted by Crippen LogP contribution is 2.23. The van der Waals surface area contributed by atoms with Gasteiger partial charge in [-0.1, -0.05) is 42.4 Å². The Morgan fingerprint density at radius 1 is 1.00 bits per heavy atom. The van der Waals surface area contributed by atoms with E-state index < -0.39 is 0 Å². The van der Waals surface area contributed by atoms with Gasteiger partial charge in [0.25, 0.3) is 0 Å². The molecule has 2 fully saturated rings. The molecule has 1 N–H and O–H groups in total. The fourth-order valence-corrected chi connectivity index (χ4v) is 5.59. The first-order valence-corrected chi connectivity index (χ1v) is 13.7. The molecule has 8 heteroatoms. The lowest BCUT2D eigenvalue weighted by Gasteiger charge is -2.30. The zero-order chi connectivity index (χ0) is 24.0. The third kappa shape index (κ3) is 6.57. The van der Waals surface area contributed by atoms with E-state index in [1.54, 1.807) is 11.3 Å². The van der Waals surface area contributed by atoms with Crippen LogP contribution in [0.25, 0.3) is 10.7 Å². The van der Waals surface area contributed by atoms with Crippen molar-refractivity contribution in [3.8, 4) is 10.7 Å². The lowest BCUT2D eigenvalue weighted by Crippen LogP contribution is -2.40. The molecule has 0 radical (unpaired) electrons. The molecule has 3 aromatic rings. The number of hydrogen-bond donors (Lipinski definition) is 1. The van der Waals surface area contributed by atoms with E-state index in [2.05, 4.69) is 56.4 Å². The molecule has 0 bridgehead atoms. The van der Waals surface area contributed by atoms with Gasteiger partial charge in [-0.05, 0) is 80.4 Å². The number of amides is 1. The lowest BCUT2D eigenvalue weighted by molar-refractivity contribution is -0.126. The van der Waals surface area contributed by atoms with Crippen molar-refractivity contribution in [3.63, 3.8) is 0 Å². The van der Waals surface area contributed by atoms with Crippen LogP contribution in [0, 0.1) is 11.8 Å². The van der Waals surface area contributed by atoms with E-state index in [0.29, 0.717) is 24.8 Å². The first kappa shape index (κ1) is 24.2. The van der Waals surface area contributed by atoms with Crippen LogP contribution < -0.4 is 5.32 Å². The molecular formula is C27H35N5O2S. The number of hydrogen-bond acceptors (Lipinski definition) is 7. The van der Waals surface area contributed by atoms with Gasteiger partial charge in [-0.15, -0.1) is 11.3 Å². The van der Waals surface area contributed by atoms with Crippen LogP contribution in [-0.4, -0.2) is 52.0 Å². The summed E-state index contributed by atoms with van der Waals surface area (Å²) >= 11 is 1.60. The zero-order valence-electron chi connectivity index (χ0n) is 20.5. The zero-order valence-corrected chi connectivity index (χ0v) is 21.3. The molecule has 2 aliphatic rings. The largest absolute Gasteiger partial charge is 0.352 e. The van der Waals surface area contributed by atoms with Crippen molar-refractivity contribution in [2.24, 2.45) is 11.8 Å². The summed E-state index contributed by atoms with van der Waals surface area (Å²) in [6.07, 6.45) is 4.31. The second-order valence-electron chi connectivity index (χ2n) is 10.0. The van der Waals surface area contributed by atoms with Gasteiger partial charge in [-0.2, -0.15) is 4.98 Å². The minimum Gasteiger partial charge on any atom is -0.352 e. The van der Waals surface area contributed by atoms with E-state index in [-0.39, 0.29) is 11.8 Å². The van der Waals surface area contributed by atoms with Gasteiger partial charge in [-0.3, -0.25) is 14.6 Å². The molecule has 2 aliphatic heterocycles. The molecule has 186 valence electrons. The topological polar surface area (TPSA) is 74.5 Å². The van der Waals surface area contributed by atoms with Gasteiger partial charge >= 0.3 is 0 Å². The van der Waals surface area contributed by atoms with Crippen molar-refractivity contribution in [1.29, 1.82) is 0 Å². The standard InChI is InChI=1S/C27H35N5O2S/c1-20-8-12-31(13-9-20)18-22-6-4-21(5-7-22)17-28-27(33)23-10-14-32(15-11-23)19-25-29-26(30-34-25)24-3-2-16-35-24/h2-7,16,20,23H,8-15,17-19H2,1H3,(H,28,33). The number of aromatic nitrogens is 2. The average Bonchev–Trinajstić information content (AvgIpc) is 3.58. The second kappa shape index (κ2) is 11.5. The van der Waals surface area contributed by atoms with Gasteiger partial charge in [0.1, 0.15) is 0 Å². The predicted octanol–water partition coefficient (Wildman–Crippen LogP) is 4.56. The van der Waals surface area contributed by atoms with Gasteiger partial charge in [0.05, 0.1) is 11.4 Å². The first-order chi connectivity index (χ1) is 17.1. The minimum atomic E-state index is 0.0661. The van der Waals surface area contributed by atoms with Gasteiger partial charge < -0.3 is 9.84 Å². The molecule has 0 aliphatic carbocycles. The molecule has 0 unspecified atom stereocenters. The molecule has 2 aromatic heterocycles. The van der Waals surface area contributed by atoms with E-state index in [4.69, 9.17) is 4.52 Å². The van der Waals surface area contributed by atoms with Gasteiger partial charge in [-0.25, -0.2) is 0 Å². The van der Waals surface area contributed by atoms with E-state index in [1.165, 1.54) is 31.5 Å². The maximum absolute atomic E-state index is 12.8. The Bertz CT molecular complexity index is 1070. The molecule has 7 nitrogen and oxygen atoms in total. The maximum atomic E-state index is 12.8. The van der Waals surface area contributed by atoms with Gasteiger partial charge in [0.15, 0.2) is 0 Å². The SMILES string of the molecule is CC1CCN(Cc2ccc(CNC(=O)C3CCN(Cc4nc(-c5cccs5)no4)CC3)cc2)CC1. The smallest absolute Gasteiger partial charge is 0.241 e. The highest BCUT2D eigenvalue weighted by atomic mass is 32.1. The number of nitrogens with zero attached hydrogens (tertiary/aromatic N) is 4. The number of benzene rings is 1. The number of likely N-dealkylation sites (tertiary alicyclic amines) is 2. The van der Waals surface area contributed by atoms with Gasteiger partial charge in [0.2, 0.25) is 17.6 Å². The van der Waals surface area contributed by atoms with Crippen LogP contribution in [0.5, 0.6) is 0 Å². The van der Waals surface area contributed by atoms with Crippen molar-refractivity contribution in [2.45, 2.75) is 52.2 Å². The Balaban J connectivity index is 1.02. The molecule has 0 spiro atoms. The quantitative estimate of drug-likeness (QED) is 0.496. The van der Waals surface area contributed by atoms with Crippen LogP contribution in [0.4, 0.5) is 0 Å². The van der Waals surface area contributed by atoms with E-state index in [9.17, 15) is 4.79 Å². The summed E-state index contributed by atoms with van der Waals surface area (Å²) in [5.74, 6) is 2.37. The summed E-state index contributed by atoms with van der Waals surface area (Å²) in [5.41, 5.74) is 2.51. The normalized spacial score (nSPS) is 18.7. The first-order valence-electron chi connectivity index (χ1n) is 12.8. The van der Waals surface area contributed by atoms with Crippen molar-refractivity contribution in [1.82, 2.24) is 25.3 Å². The maximum Gasteiger partial charge on any atom is 0.241 e. The lowest BCUT2D eigenvalue weighted by atomic mass is 9.96. The fraction of sp³-hybridized carbons (Fsp3) is 0.519. The fourth-order valence-electron chi connectivity index (χ4n) is 4.94. The highest BCUT2D eigenvalue weighted by molar-refractivity contribution is 7.13. The number of carbonyl (C=O) groups is 1. The summed E-state index contributed by atoms with van der Waals surface area (Å²) in [7, 11) is 0. The summed E-state index contributed by atoms with van der Waals surface area (Å²) in [6.45, 7) is 8.71. The Kier molecular flexibility index (Phi) is 7.91. The Labute approximate surface area is 211 Å². The van der Waals surface area contributed by atoms with Crippen molar-refractivity contribution in [3.05, 3.63) is 58.8 Å². The number of rotatable bonds is 8. The molecule has 0 saturated carbocycles. The summed E-state index contributed by atoms with van der Waals surface area (Å²) in [4.78, 5) is 23.1. The van der Waals surface area contributed by atoms with Crippen LogP contribution >= 0.6 is 11.3 Å². The highest BCUT2D eigenvalue weighted by Gasteiger charge is 2.26.